The van der Waals surface area contributed by atoms with Crippen LogP contribution in [-0.2, 0) is 11.3 Å². The van der Waals surface area contributed by atoms with Crippen LogP contribution >= 0.6 is 0 Å². The molecule has 1 fully saturated rings. The zero-order valence-electron chi connectivity index (χ0n) is 15.7. The van der Waals surface area contributed by atoms with Crippen LogP contribution in [0.1, 0.15) is 12.0 Å². The molecule has 0 radical (unpaired) electrons. The molecule has 1 aromatic heterocycles. The molecule has 1 aliphatic heterocycles. The average molecular weight is 372 g/mol. The number of aromatic nitrogens is 1. The third kappa shape index (κ3) is 5.65. The smallest absolute Gasteiger partial charge is 0.219 e. The van der Waals surface area contributed by atoms with Crippen molar-refractivity contribution in [1.29, 1.82) is 0 Å². The van der Waals surface area contributed by atoms with Gasteiger partial charge in [0.05, 0.1) is 6.61 Å². The summed E-state index contributed by atoms with van der Waals surface area (Å²) < 4.78 is 24.1. The summed E-state index contributed by atoms with van der Waals surface area (Å²) in [7, 11) is 3.81. The Bertz CT molecular complexity index is 761. The van der Waals surface area contributed by atoms with Crippen LogP contribution in [0, 0.1) is 11.7 Å². The van der Waals surface area contributed by atoms with Gasteiger partial charge < -0.3 is 19.7 Å². The van der Waals surface area contributed by atoms with Gasteiger partial charge in [0.2, 0.25) is 5.88 Å². The van der Waals surface area contributed by atoms with Gasteiger partial charge in [0.1, 0.15) is 11.6 Å². The van der Waals surface area contributed by atoms with Gasteiger partial charge in [0.25, 0.3) is 0 Å². The van der Waals surface area contributed by atoms with Crippen molar-refractivity contribution >= 4 is 5.96 Å². The molecule has 0 bridgehead atoms. The molecule has 0 amide bonds. The predicted octanol–water partition coefficient (Wildman–Crippen LogP) is 3.06. The van der Waals surface area contributed by atoms with E-state index in [2.05, 4.69) is 20.2 Å². The maximum absolute atomic E-state index is 13.0. The van der Waals surface area contributed by atoms with E-state index < -0.39 is 0 Å². The average Bonchev–Trinajstić information content (AvgIpc) is 3.17. The minimum Gasteiger partial charge on any atom is -0.439 e. The van der Waals surface area contributed by atoms with Crippen molar-refractivity contribution in [3.63, 3.8) is 0 Å². The molecule has 1 atom stereocenters. The monoisotopic (exact) mass is 372 g/mol. The molecule has 2 aromatic rings. The topological polar surface area (TPSA) is 59.0 Å². The lowest BCUT2D eigenvalue weighted by Crippen LogP contribution is -2.41. The van der Waals surface area contributed by atoms with Crippen molar-refractivity contribution in [2.24, 2.45) is 10.9 Å². The molecule has 1 N–H and O–H groups in total. The standard InChI is InChI=1S/C20H25FN4O2/c1-22-20(25(2)13-16-8-10-26-14-16)24-12-15-7-9-23-19(11-15)27-18-5-3-17(21)4-6-18/h3-7,9,11,16H,8,10,12-14H2,1-2H3,(H,22,24). The highest BCUT2D eigenvalue weighted by atomic mass is 19.1. The zero-order chi connectivity index (χ0) is 19.1. The number of pyridine rings is 1. The van der Waals surface area contributed by atoms with Crippen LogP contribution < -0.4 is 10.1 Å². The number of ether oxygens (including phenoxy) is 2. The number of nitrogens with zero attached hydrogens (tertiary/aromatic N) is 3. The maximum Gasteiger partial charge on any atom is 0.219 e. The molecular weight excluding hydrogens is 347 g/mol. The van der Waals surface area contributed by atoms with Crippen LogP contribution in [0.5, 0.6) is 11.6 Å². The number of hydrogen-bond acceptors (Lipinski definition) is 4. The second-order valence-corrected chi connectivity index (χ2v) is 6.57. The highest BCUT2D eigenvalue weighted by Crippen LogP contribution is 2.20. The summed E-state index contributed by atoms with van der Waals surface area (Å²) in [5.41, 5.74) is 1.01. The Morgan fingerprint density at radius 3 is 2.89 bits per heavy atom. The van der Waals surface area contributed by atoms with E-state index in [0.717, 1.165) is 37.7 Å². The summed E-state index contributed by atoms with van der Waals surface area (Å²) in [6.45, 7) is 3.17. The zero-order valence-corrected chi connectivity index (χ0v) is 15.7. The molecule has 0 aliphatic carbocycles. The fourth-order valence-corrected chi connectivity index (χ4v) is 3.01. The van der Waals surface area contributed by atoms with Crippen molar-refractivity contribution in [3.8, 4) is 11.6 Å². The number of nitrogens with one attached hydrogen (secondary N) is 1. The Morgan fingerprint density at radius 2 is 2.19 bits per heavy atom. The van der Waals surface area contributed by atoms with E-state index in [0.29, 0.717) is 24.1 Å². The van der Waals surface area contributed by atoms with Gasteiger partial charge in [0.15, 0.2) is 5.96 Å². The molecule has 1 aliphatic rings. The van der Waals surface area contributed by atoms with E-state index in [1.165, 1.54) is 12.1 Å². The number of benzene rings is 1. The highest BCUT2D eigenvalue weighted by Gasteiger charge is 2.19. The van der Waals surface area contributed by atoms with Gasteiger partial charge in [-0.05, 0) is 42.3 Å². The molecule has 0 saturated carbocycles. The lowest BCUT2D eigenvalue weighted by molar-refractivity contribution is 0.181. The summed E-state index contributed by atoms with van der Waals surface area (Å²) in [6.07, 6.45) is 2.79. The fourth-order valence-electron chi connectivity index (χ4n) is 3.01. The van der Waals surface area contributed by atoms with Crippen molar-refractivity contribution < 1.29 is 13.9 Å². The van der Waals surface area contributed by atoms with E-state index in [1.807, 2.05) is 19.2 Å². The number of halogens is 1. The normalized spacial score (nSPS) is 17.0. The Kier molecular flexibility index (Phi) is 6.59. The largest absolute Gasteiger partial charge is 0.439 e. The minimum absolute atomic E-state index is 0.298. The van der Waals surface area contributed by atoms with Gasteiger partial charge in [0, 0.05) is 52.0 Å². The second-order valence-electron chi connectivity index (χ2n) is 6.57. The number of aliphatic imine (C=N–C) groups is 1. The molecule has 144 valence electrons. The minimum atomic E-state index is -0.298. The van der Waals surface area contributed by atoms with E-state index in [4.69, 9.17) is 9.47 Å². The van der Waals surface area contributed by atoms with Gasteiger partial charge in [-0.15, -0.1) is 0 Å². The molecule has 27 heavy (non-hydrogen) atoms. The van der Waals surface area contributed by atoms with Crippen molar-refractivity contribution in [1.82, 2.24) is 15.2 Å². The summed E-state index contributed by atoms with van der Waals surface area (Å²) in [5.74, 6) is 2.09. The van der Waals surface area contributed by atoms with Crippen molar-refractivity contribution in [2.75, 3.05) is 33.9 Å². The summed E-state index contributed by atoms with van der Waals surface area (Å²) in [4.78, 5) is 10.7. The van der Waals surface area contributed by atoms with Gasteiger partial charge >= 0.3 is 0 Å². The number of guanidine groups is 1. The first-order valence-electron chi connectivity index (χ1n) is 9.02. The van der Waals surface area contributed by atoms with Crippen LogP contribution in [0.3, 0.4) is 0 Å². The van der Waals surface area contributed by atoms with Gasteiger partial charge in [-0.3, -0.25) is 4.99 Å². The summed E-state index contributed by atoms with van der Waals surface area (Å²) in [6, 6.07) is 9.64. The van der Waals surface area contributed by atoms with Crippen LogP contribution in [-0.4, -0.2) is 49.7 Å². The predicted molar refractivity (Wildman–Crippen MR) is 102 cm³/mol. The van der Waals surface area contributed by atoms with E-state index in [9.17, 15) is 4.39 Å². The lowest BCUT2D eigenvalue weighted by Gasteiger charge is -2.24. The first-order valence-corrected chi connectivity index (χ1v) is 9.02. The molecule has 1 saturated heterocycles. The van der Waals surface area contributed by atoms with Crippen LogP contribution in [0.2, 0.25) is 0 Å². The number of rotatable bonds is 6. The van der Waals surface area contributed by atoms with Crippen molar-refractivity contribution in [2.45, 2.75) is 13.0 Å². The Hall–Kier alpha value is -2.67. The molecule has 0 spiro atoms. The molecule has 1 unspecified atom stereocenters. The third-order valence-electron chi connectivity index (χ3n) is 4.42. The lowest BCUT2D eigenvalue weighted by atomic mass is 10.1. The molecule has 6 nitrogen and oxygen atoms in total. The molecule has 7 heteroatoms. The summed E-state index contributed by atoms with van der Waals surface area (Å²) >= 11 is 0. The quantitative estimate of drug-likeness (QED) is 0.624. The van der Waals surface area contributed by atoms with Gasteiger partial charge in [-0.25, -0.2) is 9.37 Å². The van der Waals surface area contributed by atoms with E-state index in [1.54, 1.807) is 25.4 Å². The maximum atomic E-state index is 13.0. The third-order valence-corrected chi connectivity index (χ3v) is 4.42. The number of hydrogen-bond donors (Lipinski definition) is 1. The second kappa shape index (κ2) is 9.32. The Morgan fingerprint density at radius 1 is 1.37 bits per heavy atom. The van der Waals surface area contributed by atoms with Crippen molar-refractivity contribution in [3.05, 3.63) is 54.0 Å². The first kappa shape index (κ1) is 19.1. The first-order chi connectivity index (χ1) is 13.1. The van der Waals surface area contributed by atoms with E-state index in [-0.39, 0.29) is 5.82 Å². The summed E-state index contributed by atoms with van der Waals surface area (Å²) in [5, 5.41) is 3.36. The highest BCUT2D eigenvalue weighted by molar-refractivity contribution is 5.79. The van der Waals surface area contributed by atoms with E-state index >= 15 is 0 Å². The van der Waals surface area contributed by atoms with Crippen LogP contribution in [0.4, 0.5) is 4.39 Å². The van der Waals surface area contributed by atoms with Gasteiger partial charge in [-0.1, -0.05) is 0 Å². The molecule has 2 heterocycles. The SMILES string of the molecule is CN=C(NCc1ccnc(Oc2ccc(F)cc2)c1)N(C)CC1CCOC1. The Balaban J connectivity index is 1.55. The fraction of sp³-hybridized carbons (Fsp3) is 0.400. The van der Waals surface area contributed by atoms with Gasteiger partial charge in [-0.2, -0.15) is 0 Å². The van der Waals surface area contributed by atoms with Crippen LogP contribution in [0.15, 0.2) is 47.6 Å². The molecule has 3 rings (SSSR count). The molecule has 1 aromatic carbocycles. The molecular formula is C20H25FN4O2. The van der Waals surface area contributed by atoms with Crippen LogP contribution in [0.25, 0.3) is 0 Å². The Labute approximate surface area is 159 Å².